The molecule has 2 N–H and O–H groups in total. The number of nitrogens with one attached hydrogen (secondary N) is 2. The highest BCUT2D eigenvalue weighted by Gasteiger charge is 2.03. The van der Waals surface area contributed by atoms with Crippen LogP contribution in [-0.2, 0) is 0 Å². The molecule has 0 unspecified atom stereocenters. The van der Waals surface area contributed by atoms with Crippen molar-refractivity contribution in [2.24, 2.45) is 5.10 Å². The van der Waals surface area contributed by atoms with Crippen molar-refractivity contribution in [1.29, 1.82) is 0 Å². The number of hydrogen-bond donors (Lipinski definition) is 2. The van der Waals surface area contributed by atoms with E-state index in [4.69, 9.17) is 12.2 Å². The van der Waals surface area contributed by atoms with Gasteiger partial charge in [0.05, 0.1) is 6.21 Å². The molecule has 1 aromatic rings. The van der Waals surface area contributed by atoms with Crippen molar-refractivity contribution in [3.05, 3.63) is 29.8 Å². The molecule has 0 amide bonds. The maximum absolute atomic E-state index is 4.94. The first kappa shape index (κ1) is 16.4. The SMILES string of the molecule is CCCN(CCC)c1ccc(/C=N\NC(=S)NC)cc1. The summed E-state index contributed by atoms with van der Waals surface area (Å²) in [5, 5.41) is 7.38. The molecule has 5 heteroatoms. The van der Waals surface area contributed by atoms with Gasteiger partial charge in [0, 0.05) is 25.8 Å². The van der Waals surface area contributed by atoms with Gasteiger partial charge in [-0.25, -0.2) is 0 Å². The van der Waals surface area contributed by atoms with Crippen LogP contribution >= 0.6 is 12.2 Å². The van der Waals surface area contributed by atoms with Crippen molar-refractivity contribution in [3.8, 4) is 0 Å². The van der Waals surface area contributed by atoms with Crippen LogP contribution in [0.25, 0.3) is 0 Å². The van der Waals surface area contributed by atoms with Gasteiger partial charge in [0.15, 0.2) is 5.11 Å². The van der Waals surface area contributed by atoms with Crippen LogP contribution < -0.4 is 15.6 Å². The molecule has 0 fully saturated rings. The average molecular weight is 292 g/mol. The second-order valence-electron chi connectivity index (χ2n) is 4.53. The fourth-order valence-corrected chi connectivity index (χ4v) is 1.96. The highest BCUT2D eigenvalue weighted by atomic mass is 32.1. The Hall–Kier alpha value is -1.62. The second kappa shape index (κ2) is 9.31. The molecule has 0 heterocycles. The minimum absolute atomic E-state index is 0.509. The van der Waals surface area contributed by atoms with E-state index in [2.05, 4.69) is 58.9 Å². The lowest BCUT2D eigenvalue weighted by Gasteiger charge is -2.23. The Kier molecular flexibility index (Phi) is 7.65. The topological polar surface area (TPSA) is 39.7 Å². The van der Waals surface area contributed by atoms with Gasteiger partial charge in [-0.15, -0.1) is 0 Å². The zero-order chi connectivity index (χ0) is 14.8. The van der Waals surface area contributed by atoms with Gasteiger partial charge < -0.3 is 10.2 Å². The van der Waals surface area contributed by atoms with E-state index in [-0.39, 0.29) is 0 Å². The summed E-state index contributed by atoms with van der Waals surface area (Å²) in [6.07, 6.45) is 4.08. The first-order valence-corrected chi connectivity index (χ1v) is 7.47. The number of hydrazone groups is 1. The molecule has 110 valence electrons. The number of rotatable bonds is 7. The molecule has 0 saturated heterocycles. The lowest BCUT2D eigenvalue weighted by Crippen LogP contribution is -2.28. The molecule has 4 nitrogen and oxygen atoms in total. The van der Waals surface area contributed by atoms with Gasteiger partial charge in [0.25, 0.3) is 0 Å². The molecule has 0 atom stereocenters. The van der Waals surface area contributed by atoms with Crippen LogP contribution in [0.1, 0.15) is 32.3 Å². The van der Waals surface area contributed by atoms with Crippen LogP contribution in [0, 0.1) is 0 Å². The zero-order valence-electron chi connectivity index (χ0n) is 12.5. The lowest BCUT2D eigenvalue weighted by molar-refractivity contribution is 0.745. The van der Waals surface area contributed by atoms with Crippen LogP contribution in [0.4, 0.5) is 5.69 Å². The van der Waals surface area contributed by atoms with Gasteiger partial charge in [-0.2, -0.15) is 5.10 Å². The quantitative estimate of drug-likeness (QED) is 0.460. The Balaban J connectivity index is 2.64. The summed E-state index contributed by atoms with van der Waals surface area (Å²) in [5.74, 6) is 0. The van der Waals surface area contributed by atoms with E-state index < -0.39 is 0 Å². The van der Waals surface area contributed by atoms with E-state index in [1.807, 2.05) is 0 Å². The predicted molar refractivity (Wildman–Crippen MR) is 91.6 cm³/mol. The monoisotopic (exact) mass is 292 g/mol. The van der Waals surface area contributed by atoms with E-state index in [9.17, 15) is 0 Å². The molecule has 20 heavy (non-hydrogen) atoms. The predicted octanol–water partition coefficient (Wildman–Crippen LogP) is 2.74. The van der Waals surface area contributed by atoms with Crippen LogP contribution in [0.3, 0.4) is 0 Å². The Morgan fingerprint density at radius 1 is 1.20 bits per heavy atom. The van der Waals surface area contributed by atoms with Gasteiger partial charge in [-0.05, 0) is 42.8 Å². The van der Waals surface area contributed by atoms with Gasteiger partial charge in [0.1, 0.15) is 0 Å². The van der Waals surface area contributed by atoms with Gasteiger partial charge in [0.2, 0.25) is 0 Å². The number of thiocarbonyl (C=S) groups is 1. The fourth-order valence-electron chi connectivity index (χ4n) is 1.90. The van der Waals surface area contributed by atoms with Crippen molar-refractivity contribution < 1.29 is 0 Å². The van der Waals surface area contributed by atoms with E-state index in [0.717, 1.165) is 31.5 Å². The molecule has 0 aliphatic heterocycles. The van der Waals surface area contributed by atoms with Crippen molar-refractivity contribution >= 4 is 29.2 Å². The molecule has 1 aromatic carbocycles. The lowest BCUT2D eigenvalue weighted by atomic mass is 10.2. The summed E-state index contributed by atoms with van der Waals surface area (Å²) < 4.78 is 0. The average Bonchev–Trinajstić information content (AvgIpc) is 2.47. The van der Waals surface area contributed by atoms with Gasteiger partial charge >= 0.3 is 0 Å². The maximum atomic E-state index is 4.94. The summed E-state index contributed by atoms with van der Waals surface area (Å²) in [6.45, 7) is 6.61. The normalized spacial score (nSPS) is 10.6. The third kappa shape index (κ3) is 5.57. The summed E-state index contributed by atoms with van der Waals surface area (Å²) >= 11 is 4.94. The summed E-state index contributed by atoms with van der Waals surface area (Å²) in [4.78, 5) is 2.41. The zero-order valence-corrected chi connectivity index (χ0v) is 13.3. The Labute approximate surface area is 127 Å². The summed E-state index contributed by atoms with van der Waals surface area (Å²) in [6, 6.07) is 8.43. The van der Waals surface area contributed by atoms with Crippen molar-refractivity contribution in [2.75, 3.05) is 25.0 Å². The maximum Gasteiger partial charge on any atom is 0.186 e. The van der Waals surface area contributed by atoms with Crippen molar-refractivity contribution in [1.82, 2.24) is 10.7 Å². The minimum Gasteiger partial charge on any atom is -0.372 e. The fraction of sp³-hybridized carbons (Fsp3) is 0.467. The Morgan fingerprint density at radius 3 is 2.30 bits per heavy atom. The Morgan fingerprint density at radius 2 is 1.80 bits per heavy atom. The Bertz CT molecular complexity index is 422. The van der Waals surface area contributed by atoms with Crippen molar-refractivity contribution in [2.45, 2.75) is 26.7 Å². The second-order valence-corrected chi connectivity index (χ2v) is 4.94. The molecular formula is C15H24N4S. The van der Waals surface area contributed by atoms with E-state index >= 15 is 0 Å². The smallest absolute Gasteiger partial charge is 0.186 e. The molecule has 0 bridgehead atoms. The van der Waals surface area contributed by atoms with E-state index in [0.29, 0.717) is 5.11 Å². The largest absolute Gasteiger partial charge is 0.372 e. The third-order valence-electron chi connectivity index (χ3n) is 2.85. The standard InChI is InChI=1S/C15H24N4S/c1-4-10-19(11-5-2)14-8-6-13(7-9-14)12-17-18-15(20)16-3/h6-9,12H,4-5,10-11H2,1-3H3,(H2,16,18,20)/b17-12-. The molecule has 0 aliphatic carbocycles. The van der Waals surface area contributed by atoms with Crippen LogP contribution in [0.15, 0.2) is 29.4 Å². The van der Waals surface area contributed by atoms with Crippen LogP contribution in [0.2, 0.25) is 0 Å². The number of benzene rings is 1. The van der Waals surface area contributed by atoms with Crippen LogP contribution in [-0.4, -0.2) is 31.5 Å². The molecule has 0 saturated carbocycles. The highest BCUT2D eigenvalue weighted by molar-refractivity contribution is 7.80. The molecule has 0 aliphatic rings. The minimum atomic E-state index is 0.509. The van der Waals surface area contributed by atoms with E-state index in [1.165, 1.54) is 5.69 Å². The number of hydrogen-bond acceptors (Lipinski definition) is 3. The summed E-state index contributed by atoms with van der Waals surface area (Å²) in [5.41, 5.74) is 5.06. The molecule has 0 spiro atoms. The molecule has 0 aromatic heterocycles. The van der Waals surface area contributed by atoms with Crippen LogP contribution in [0.5, 0.6) is 0 Å². The number of anilines is 1. The molecule has 1 rings (SSSR count). The summed E-state index contributed by atoms with van der Waals surface area (Å²) in [7, 11) is 1.76. The van der Waals surface area contributed by atoms with Crippen molar-refractivity contribution in [3.63, 3.8) is 0 Å². The van der Waals surface area contributed by atoms with Gasteiger partial charge in [-0.3, -0.25) is 5.43 Å². The van der Waals surface area contributed by atoms with Gasteiger partial charge in [-0.1, -0.05) is 26.0 Å². The third-order valence-corrected chi connectivity index (χ3v) is 3.15. The van der Waals surface area contributed by atoms with E-state index in [1.54, 1.807) is 13.3 Å². The number of nitrogens with zero attached hydrogens (tertiary/aromatic N) is 2. The molecule has 0 radical (unpaired) electrons. The first-order valence-electron chi connectivity index (χ1n) is 7.07. The highest BCUT2D eigenvalue weighted by Crippen LogP contribution is 2.15. The molecular weight excluding hydrogens is 268 g/mol. The first-order chi connectivity index (χ1) is 9.71.